The molecule has 0 spiro atoms. The van der Waals surface area contributed by atoms with Gasteiger partial charge in [0, 0.05) is 6.04 Å². The Balaban J connectivity index is 2.07. The molecule has 0 bridgehead atoms. The zero-order valence-electron chi connectivity index (χ0n) is 12.6. The molecule has 1 aromatic carbocycles. The highest BCUT2D eigenvalue weighted by molar-refractivity contribution is 6.01. The maximum absolute atomic E-state index is 12.1. The lowest BCUT2D eigenvalue weighted by atomic mass is 10.1. The van der Waals surface area contributed by atoms with Crippen LogP contribution in [-0.4, -0.2) is 29.6 Å². The number of benzene rings is 1. The minimum Gasteiger partial charge on any atom is -0.482 e. The zero-order valence-corrected chi connectivity index (χ0v) is 12.6. The summed E-state index contributed by atoms with van der Waals surface area (Å²) in [5, 5.41) is 20.7. The Morgan fingerprint density at radius 1 is 1.39 bits per heavy atom. The Hall–Kier alpha value is -2.81. The summed E-state index contributed by atoms with van der Waals surface area (Å²) in [5.41, 5.74) is 0.623. The van der Waals surface area contributed by atoms with E-state index in [0.717, 1.165) is 25.7 Å². The van der Waals surface area contributed by atoms with Crippen molar-refractivity contribution >= 4 is 18.0 Å². The van der Waals surface area contributed by atoms with Crippen LogP contribution in [0.1, 0.15) is 31.2 Å². The molecule has 2 N–H and O–H groups in total. The van der Waals surface area contributed by atoms with E-state index in [2.05, 4.69) is 5.32 Å². The first-order valence-electron chi connectivity index (χ1n) is 7.46. The van der Waals surface area contributed by atoms with Gasteiger partial charge in [0.15, 0.2) is 6.61 Å². The lowest BCUT2D eigenvalue weighted by molar-refractivity contribution is -0.139. The summed E-state index contributed by atoms with van der Waals surface area (Å²) >= 11 is 0. The van der Waals surface area contributed by atoms with Crippen LogP contribution < -0.4 is 10.1 Å². The second-order valence-corrected chi connectivity index (χ2v) is 5.38. The molecule has 1 aromatic rings. The first kappa shape index (κ1) is 16.6. The number of carboxylic acid groups (broad SMARTS) is 1. The Bertz CT molecular complexity index is 655. The average molecular weight is 314 g/mol. The van der Waals surface area contributed by atoms with Gasteiger partial charge in [-0.25, -0.2) is 4.79 Å². The number of ether oxygens (including phenoxy) is 1. The third-order valence-electron chi connectivity index (χ3n) is 3.59. The minimum absolute atomic E-state index is 0.0206. The summed E-state index contributed by atoms with van der Waals surface area (Å²) in [4.78, 5) is 22.6. The van der Waals surface area contributed by atoms with Gasteiger partial charge in [0.1, 0.15) is 17.4 Å². The topological polar surface area (TPSA) is 99.4 Å². The third-order valence-corrected chi connectivity index (χ3v) is 3.59. The second-order valence-electron chi connectivity index (χ2n) is 5.38. The van der Waals surface area contributed by atoms with Crippen LogP contribution in [0.5, 0.6) is 5.75 Å². The van der Waals surface area contributed by atoms with E-state index in [9.17, 15) is 14.9 Å². The summed E-state index contributed by atoms with van der Waals surface area (Å²) in [6.07, 6.45) is 5.56. The number of nitriles is 1. The first-order chi connectivity index (χ1) is 11.1. The van der Waals surface area contributed by atoms with Crippen molar-refractivity contribution in [2.24, 2.45) is 0 Å². The van der Waals surface area contributed by atoms with E-state index in [-0.39, 0.29) is 17.5 Å². The molecule has 1 saturated carbocycles. The van der Waals surface area contributed by atoms with E-state index in [1.54, 1.807) is 24.3 Å². The molecule has 1 fully saturated rings. The molecule has 1 aliphatic rings. The Morgan fingerprint density at radius 3 is 2.78 bits per heavy atom. The van der Waals surface area contributed by atoms with E-state index in [0.29, 0.717) is 11.3 Å². The van der Waals surface area contributed by atoms with Gasteiger partial charge in [-0.3, -0.25) is 4.79 Å². The van der Waals surface area contributed by atoms with Crippen molar-refractivity contribution in [2.45, 2.75) is 31.7 Å². The van der Waals surface area contributed by atoms with Crippen LogP contribution in [0.25, 0.3) is 6.08 Å². The maximum Gasteiger partial charge on any atom is 0.341 e. The second kappa shape index (κ2) is 7.99. The Kier molecular flexibility index (Phi) is 5.75. The smallest absolute Gasteiger partial charge is 0.341 e. The van der Waals surface area contributed by atoms with Crippen molar-refractivity contribution in [3.05, 3.63) is 35.4 Å². The summed E-state index contributed by atoms with van der Waals surface area (Å²) in [6, 6.07) is 8.64. The molecule has 23 heavy (non-hydrogen) atoms. The molecule has 0 unspecified atom stereocenters. The molecule has 0 aromatic heterocycles. The van der Waals surface area contributed by atoms with Gasteiger partial charge in [0.2, 0.25) is 0 Å². The molecular weight excluding hydrogens is 296 g/mol. The van der Waals surface area contributed by atoms with Crippen molar-refractivity contribution in [1.29, 1.82) is 5.26 Å². The number of hydrogen-bond acceptors (Lipinski definition) is 4. The molecule has 0 atom stereocenters. The summed E-state index contributed by atoms with van der Waals surface area (Å²) in [6.45, 7) is -0.444. The quantitative estimate of drug-likeness (QED) is 0.619. The van der Waals surface area contributed by atoms with E-state index in [1.165, 1.54) is 6.08 Å². The fraction of sp³-hybridized carbons (Fsp3) is 0.353. The van der Waals surface area contributed by atoms with Crippen molar-refractivity contribution in [1.82, 2.24) is 5.32 Å². The van der Waals surface area contributed by atoms with E-state index < -0.39 is 12.6 Å². The highest BCUT2D eigenvalue weighted by Gasteiger charge is 2.19. The number of carbonyl (C=O) groups is 2. The lowest BCUT2D eigenvalue weighted by Gasteiger charge is -2.11. The average Bonchev–Trinajstić information content (AvgIpc) is 3.04. The number of nitrogens with zero attached hydrogens (tertiary/aromatic N) is 1. The van der Waals surface area contributed by atoms with Gasteiger partial charge in [-0.05, 0) is 36.6 Å². The molecule has 0 radical (unpaired) electrons. The molecule has 0 aliphatic heterocycles. The molecule has 1 amide bonds. The normalized spacial score (nSPS) is 15.0. The Morgan fingerprint density at radius 2 is 2.13 bits per heavy atom. The van der Waals surface area contributed by atoms with Crippen molar-refractivity contribution in [2.75, 3.05) is 6.61 Å². The predicted molar refractivity (Wildman–Crippen MR) is 83.6 cm³/mol. The number of amides is 1. The van der Waals surface area contributed by atoms with Crippen LogP contribution in [0, 0.1) is 11.3 Å². The lowest BCUT2D eigenvalue weighted by Crippen LogP contribution is -2.33. The molecule has 120 valence electrons. The van der Waals surface area contributed by atoms with Crippen LogP contribution >= 0.6 is 0 Å². The molecular formula is C17H18N2O4. The molecule has 0 saturated heterocycles. The molecule has 2 rings (SSSR count). The van der Waals surface area contributed by atoms with Gasteiger partial charge in [-0.1, -0.05) is 25.0 Å². The van der Waals surface area contributed by atoms with Gasteiger partial charge in [-0.15, -0.1) is 0 Å². The fourth-order valence-corrected chi connectivity index (χ4v) is 2.49. The van der Waals surface area contributed by atoms with Crippen LogP contribution in [-0.2, 0) is 9.59 Å². The first-order valence-corrected chi connectivity index (χ1v) is 7.46. The van der Waals surface area contributed by atoms with Crippen LogP contribution in [0.2, 0.25) is 0 Å². The number of hydrogen-bond donors (Lipinski definition) is 2. The van der Waals surface area contributed by atoms with Crippen molar-refractivity contribution < 1.29 is 19.4 Å². The van der Waals surface area contributed by atoms with Crippen LogP contribution in [0.15, 0.2) is 29.8 Å². The number of nitrogens with one attached hydrogen (secondary N) is 1. The van der Waals surface area contributed by atoms with Gasteiger partial charge in [-0.2, -0.15) is 5.26 Å². The van der Waals surface area contributed by atoms with E-state index in [4.69, 9.17) is 9.84 Å². The number of rotatable bonds is 6. The number of aliphatic carboxylic acids is 1. The highest BCUT2D eigenvalue weighted by atomic mass is 16.5. The predicted octanol–water partition coefficient (Wildman–Crippen LogP) is 2.12. The van der Waals surface area contributed by atoms with Crippen molar-refractivity contribution in [3.8, 4) is 11.8 Å². The van der Waals surface area contributed by atoms with Gasteiger partial charge >= 0.3 is 5.97 Å². The van der Waals surface area contributed by atoms with Gasteiger partial charge in [0.05, 0.1) is 0 Å². The monoisotopic (exact) mass is 314 g/mol. The molecule has 0 heterocycles. The summed E-state index contributed by atoms with van der Waals surface area (Å²) in [5.74, 6) is -1.08. The molecule has 1 aliphatic carbocycles. The molecule has 6 heteroatoms. The largest absolute Gasteiger partial charge is 0.482 e. The fourth-order valence-electron chi connectivity index (χ4n) is 2.49. The third kappa shape index (κ3) is 5.15. The van der Waals surface area contributed by atoms with Crippen LogP contribution in [0.4, 0.5) is 0 Å². The van der Waals surface area contributed by atoms with Crippen molar-refractivity contribution in [3.63, 3.8) is 0 Å². The van der Waals surface area contributed by atoms with Crippen LogP contribution in [0.3, 0.4) is 0 Å². The minimum atomic E-state index is -1.07. The number of carbonyl (C=O) groups excluding carboxylic acids is 1. The summed E-state index contributed by atoms with van der Waals surface area (Å²) < 4.78 is 5.08. The van der Waals surface area contributed by atoms with E-state index >= 15 is 0 Å². The number of carboxylic acids is 1. The zero-order chi connectivity index (χ0) is 16.7. The van der Waals surface area contributed by atoms with E-state index in [1.807, 2.05) is 6.07 Å². The summed E-state index contributed by atoms with van der Waals surface area (Å²) in [7, 11) is 0. The molecule has 6 nitrogen and oxygen atoms in total. The van der Waals surface area contributed by atoms with Gasteiger partial charge < -0.3 is 15.2 Å². The maximum atomic E-state index is 12.1. The highest BCUT2D eigenvalue weighted by Crippen LogP contribution is 2.19. The van der Waals surface area contributed by atoms with Gasteiger partial charge in [0.25, 0.3) is 5.91 Å². The standard InChI is InChI=1S/C17H18N2O4/c18-10-13(17(22)19-14-5-1-2-6-14)8-12-4-3-7-15(9-12)23-11-16(20)21/h3-4,7-9,14H,1-2,5-6,11H2,(H,19,22)(H,20,21)/b13-8+. The SMILES string of the molecule is N#C/C(=C\c1cccc(OCC(=O)O)c1)C(=O)NC1CCCC1. The Labute approximate surface area is 134 Å².